The molecule has 50 heavy (non-hydrogen) atoms. The summed E-state index contributed by atoms with van der Waals surface area (Å²) in [6, 6.07) is 5.12. The number of ether oxygens (including phenoxy) is 4. The minimum atomic E-state index is -1.39. The smallest absolute Gasteiger partial charge is 0.358 e. The van der Waals surface area contributed by atoms with Crippen LogP contribution < -0.4 is 9.47 Å². The van der Waals surface area contributed by atoms with Crippen molar-refractivity contribution in [3.63, 3.8) is 0 Å². The lowest BCUT2D eigenvalue weighted by molar-refractivity contribution is -0.252. The number of aliphatic hydroxyl groups excluding tert-OH is 2. The Hall–Kier alpha value is -4.00. The lowest BCUT2D eigenvalue weighted by Crippen LogP contribution is -2.63. The number of allylic oxidation sites excluding steroid dienone is 1. The summed E-state index contributed by atoms with van der Waals surface area (Å²) in [7, 11) is 1.52. The molecule has 1 aromatic carbocycles. The summed E-state index contributed by atoms with van der Waals surface area (Å²) >= 11 is 0. The van der Waals surface area contributed by atoms with Crippen molar-refractivity contribution in [1.82, 2.24) is 15.0 Å². The number of nitrogens with zero attached hydrogens (tertiary/aromatic N) is 4. The van der Waals surface area contributed by atoms with Gasteiger partial charge in [0, 0.05) is 31.1 Å². The van der Waals surface area contributed by atoms with Gasteiger partial charge in [-0.3, -0.25) is 0 Å². The molecule has 6 atom stereocenters. The topological polar surface area (TPSA) is 147 Å². The molecule has 1 aliphatic heterocycles. The van der Waals surface area contributed by atoms with Crippen LogP contribution in [0.15, 0.2) is 66.5 Å². The Kier molecular flexibility index (Phi) is 12.2. The number of fused-ring (bicyclic) bond motifs is 2. The van der Waals surface area contributed by atoms with E-state index in [1.165, 1.54) is 13.3 Å². The summed E-state index contributed by atoms with van der Waals surface area (Å²) in [5, 5.41) is 32.7. The Bertz CT molecular complexity index is 1560. The van der Waals surface area contributed by atoms with Gasteiger partial charge < -0.3 is 34.0 Å². The zero-order valence-corrected chi connectivity index (χ0v) is 29.8. The summed E-state index contributed by atoms with van der Waals surface area (Å²) < 4.78 is 27.4. The highest BCUT2D eigenvalue weighted by atomic mass is 16.7. The van der Waals surface area contributed by atoms with Gasteiger partial charge in [0.25, 0.3) is 0 Å². The number of hydrogen-bond donors (Lipinski definition) is 2. The zero-order chi connectivity index (χ0) is 35.9. The Morgan fingerprint density at radius 3 is 2.54 bits per heavy atom. The number of carbonyl (C=O) groups is 1. The van der Waals surface area contributed by atoms with E-state index < -0.39 is 29.3 Å². The van der Waals surface area contributed by atoms with Crippen molar-refractivity contribution < 1.29 is 38.8 Å². The number of aliphatic hydroxyl groups is 2. The number of hydrogen-bond acceptors (Lipinski definition) is 11. The molecule has 1 aromatic heterocycles. The third-order valence-corrected chi connectivity index (χ3v) is 9.69. The van der Waals surface area contributed by atoms with Gasteiger partial charge in [0.05, 0.1) is 24.4 Å². The second-order valence-corrected chi connectivity index (χ2v) is 14.1. The molecule has 12 nitrogen and oxygen atoms in total. The highest BCUT2D eigenvalue weighted by Crippen LogP contribution is 2.63. The molecule has 2 N–H and O–H groups in total. The molecule has 3 aliphatic rings. The predicted octanol–water partition coefficient (Wildman–Crippen LogP) is 5.93. The zero-order valence-electron chi connectivity index (χ0n) is 29.8. The second-order valence-electron chi connectivity index (χ2n) is 14.1. The minimum absolute atomic E-state index is 0.0987. The Labute approximate surface area is 294 Å². The largest absolute Gasteiger partial charge is 0.490 e. The van der Waals surface area contributed by atoms with Gasteiger partial charge in [-0.15, -0.1) is 11.7 Å². The first-order valence-corrected chi connectivity index (χ1v) is 17.6. The van der Waals surface area contributed by atoms with Crippen LogP contribution in [0.2, 0.25) is 0 Å². The average Bonchev–Trinajstić information content (AvgIpc) is 3.58. The molecule has 6 unspecified atom stereocenters. The Morgan fingerprint density at radius 1 is 1.12 bits per heavy atom. The Balaban J connectivity index is 1.78. The molecule has 2 heterocycles. The van der Waals surface area contributed by atoms with E-state index >= 15 is 0 Å². The van der Waals surface area contributed by atoms with E-state index in [0.717, 1.165) is 36.8 Å². The van der Waals surface area contributed by atoms with E-state index in [1.54, 1.807) is 16.8 Å². The number of unbranched alkanes of at least 4 members (excludes halogenated alkanes) is 2. The number of carbonyl (C=O) groups excluding carboxylic acids is 1. The summed E-state index contributed by atoms with van der Waals surface area (Å²) in [5.41, 5.74) is 2.03. The molecule has 1 saturated carbocycles. The molecule has 0 radical (unpaired) electrons. The maximum absolute atomic E-state index is 13.6. The SMILES string of the molecule is C=CCOc1ccc2c(c1)C1C(CCCCO)C(CCCCO)C=C3C(=NOC)CC(n4nncc4C(=O)OC(C)(C)C)C(OCC=C)(O2)C31. The van der Waals surface area contributed by atoms with Crippen LogP contribution in [0, 0.1) is 17.8 Å². The van der Waals surface area contributed by atoms with E-state index in [9.17, 15) is 15.0 Å². The van der Waals surface area contributed by atoms with Gasteiger partial charge >= 0.3 is 5.97 Å². The fourth-order valence-electron chi connectivity index (χ4n) is 7.88. The standard InChI is InChI=1S/C38H52N4O8/c1-7-19-47-26-15-16-32-29(22-26)34-27(14-10-12-18-44)25(13-9-11-17-43)21-28-30(40-46-6)23-33(38(49-32,35(28)34)48-20-8-2)42-31(24-39-41-42)36(45)50-37(3,4)5/h7-8,15-16,21-22,24-25,27,33-35,43-44H,1-2,9-14,17-20,23H2,3-6H3. The van der Waals surface area contributed by atoms with E-state index in [4.69, 9.17) is 23.8 Å². The lowest BCUT2D eigenvalue weighted by Gasteiger charge is -2.58. The van der Waals surface area contributed by atoms with Gasteiger partial charge in [-0.25, -0.2) is 9.48 Å². The molecule has 0 amide bonds. The fourth-order valence-corrected chi connectivity index (χ4v) is 7.88. The van der Waals surface area contributed by atoms with Crippen molar-refractivity contribution in [1.29, 1.82) is 0 Å². The maximum Gasteiger partial charge on any atom is 0.358 e. The summed E-state index contributed by atoms with van der Waals surface area (Å²) in [4.78, 5) is 19.1. The molecule has 2 aromatic rings. The van der Waals surface area contributed by atoms with Crippen LogP contribution in [-0.2, 0) is 14.3 Å². The van der Waals surface area contributed by atoms with Crippen molar-refractivity contribution >= 4 is 11.7 Å². The van der Waals surface area contributed by atoms with E-state index in [-0.39, 0.29) is 49.7 Å². The van der Waals surface area contributed by atoms with E-state index in [0.29, 0.717) is 36.7 Å². The normalized spacial score (nSPS) is 26.2. The van der Waals surface area contributed by atoms with Crippen LogP contribution in [0.5, 0.6) is 11.5 Å². The third kappa shape index (κ3) is 7.67. The summed E-state index contributed by atoms with van der Waals surface area (Å²) in [6.07, 6.45) is 12.1. The molecular formula is C38H52N4O8. The first-order chi connectivity index (χ1) is 24.1. The van der Waals surface area contributed by atoms with Crippen LogP contribution in [0.4, 0.5) is 0 Å². The number of aromatic nitrogens is 3. The minimum Gasteiger partial charge on any atom is -0.490 e. The molecule has 0 saturated heterocycles. The van der Waals surface area contributed by atoms with Crippen LogP contribution in [0.3, 0.4) is 0 Å². The lowest BCUT2D eigenvalue weighted by atomic mass is 9.55. The predicted molar refractivity (Wildman–Crippen MR) is 188 cm³/mol. The van der Waals surface area contributed by atoms with Crippen molar-refractivity contribution in [3.05, 3.63) is 72.6 Å². The maximum atomic E-state index is 13.6. The third-order valence-electron chi connectivity index (χ3n) is 9.69. The van der Waals surface area contributed by atoms with Crippen LogP contribution in [-0.4, -0.2) is 81.8 Å². The fraction of sp³-hybridized carbons (Fsp3) is 0.579. The van der Waals surface area contributed by atoms with E-state index in [2.05, 4.69) is 34.7 Å². The average molecular weight is 693 g/mol. The highest BCUT2D eigenvalue weighted by molar-refractivity contribution is 6.02. The second kappa shape index (κ2) is 16.3. The molecule has 1 fully saturated rings. The van der Waals surface area contributed by atoms with Crippen LogP contribution >= 0.6 is 0 Å². The van der Waals surface area contributed by atoms with Crippen molar-refractivity contribution in [2.45, 2.75) is 89.1 Å². The van der Waals surface area contributed by atoms with E-state index in [1.807, 2.05) is 39.0 Å². The highest BCUT2D eigenvalue weighted by Gasteiger charge is 2.65. The van der Waals surface area contributed by atoms with Gasteiger partial charge in [0.1, 0.15) is 36.9 Å². The molecule has 2 aliphatic carbocycles. The van der Waals surface area contributed by atoms with Gasteiger partial charge in [0.2, 0.25) is 5.79 Å². The molecule has 272 valence electrons. The molecule has 5 rings (SSSR count). The van der Waals surface area contributed by atoms with Crippen molar-refractivity contribution in [2.24, 2.45) is 22.9 Å². The number of esters is 1. The summed E-state index contributed by atoms with van der Waals surface area (Å²) in [5.74, 6) is -0.993. The molecular weight excluding hydrogens is 640 g/mol. The monoisotopic (exact) mass is 692 g/mol. The number of benzene rings is 1. The number of oxime groups is 1. The van der Waals surface area contributed by atoms with Crippen molar-refractivity contribution in [2.75, 3.05) is 33.5 Å². The van der Waals surface area contributed by atoms with Crippen molar-refractivity contribution in [3.8, 4) is 11.5 Å². The number of rotatable bonds is 17. The van der Waals surface area contributed by atoms with Crippen LogP contribution in [0.25, 0.3) is 0 Å². The molecule has 0 bridgehead atoms. The summed E-state index contributed by atoms with van der Waals surface area (Å²) in [6.45, 7) is 13.9. The van der Waals surface area contributed by atoms with Gasteiger partial charge in [-0.2, -0.15) is 0 Å². The van der Waals surface area contributed by atoms with Gasteiger partial charge in [0.15, 0.2) is 5.69 Å². The Morgan fingerprint density at radius 2 is 1.86 bits per heavy atom. The van der Waals surface area contributed by atoms with Gasteiger partial charge in [-0.1, -0.05) is 48.0 Å². The van der Waals surface area contributed by atoms with Crippen LogP contribution in [0.1, 0.15) is 93.7 Å². The molecule has 0 spiro atoms. The molecule has 12 heteroatoms. The van der Waals surface area contributed by atoms with Gasteiger partial charge in [-0.05, 0) is 82.1 Å². The quantitative estimate of drug-likeness (QED) is 0.0885. The first kappa shape index (κ1) is 37.3. The first-order valence-electron chi connectivity index (χ1n) is 17.6.